The van der Waals surface area contributed by atoms with Gasteiger partial charge in [0.1, 0.15) is 5.60 Å². The number of carboxylic acid groups (broad SMARTS) is 1. The van der Waals surface area contributed by atoms with E-state index in [9.17, 15) is 9.59 Å². The average molecular weight is 244 g/mol. The molecule has 6 heteroatoms. The second-order valence-electron chi connectivity index (χ2n) is 5.40. The number of ether oxygens (including phenoxy) is 1. The highest BCUT2D eigenvalue weighted by Crippen LogP contribution is 2.24. The van der Waals surface area contributed by atoms with Crippen molar-refractivity contribution in [3.63, 3.8) is 0 Å². The van der Waals surface area contributed by atoms with Crippen molar-refractivity contribution < 1.29 is 19.4 Å². The van der Waals surface area contributed by atoms with E-state index in [2.05, 4.69) is 0 Å². The second-order valence-corrected chi connectivity index (χ2v) is 5.40. The van der Waals surface area contributed by atoms with Gasteiger partial charge in [-0.25, -0.2) is 4.79 Å². The highest BCUT2D eigenvalue weighted by molar-refractivity contribution is 5.75. The van der Waals surface area contributed by atoms with Crippen LogP contribution in [0.15, 0.2) is 0 Å². The third-order valence-corrected chi connectivity index (χ3v) is 2.85. The number of carbonyl (C=O) groups excluding carboxylic acids is 1. The van der Waals surface area contributed by atoms with Gasteiger partial charge in [0.25, 0.3) is 0 Å². The fourth-order valence-electron chi connectivity index (χ4n) is 1.85. The molecular formula is C11H20N2O4. The number of likely N-dealkylation sites (tertiary alicyclic amines) is 1. The normalized spacial score (nSPS) is 29.2. The van der Waals surface area contributed by atoms with Crippen molar-refractivity contribution in [2.75, 3.05) is 6.54 Å². The van der Waals surface area contributed by atoms with Crippen LogP contribution in [0.4, 0.5) is 4.79 Å². The molecule has 0 spiro atoms. The number of rotatable bonds is 1. The quantitative estimate of drug-likeness (QED) is 0.706. The van der Waals surface area contributed by atoms with E-state index in [1.54, 1.807) is 27.7 Å². The molecule has 1 fully saturated rings. The zero-order valence-corrected chi connectivity index (χ0v) is 10.6. The van der Waals surface area contributed by atoms with Gasteiger partial charge in [-0.05, 0) is 27.7 Å². The van der Waals surface area contributed by atoms with Gasteiger partial charge < -0.3 is 20.5 Å². The summed E-state index contributed by atoms with van der Waals surface area (Å²) in [7, 11) is 0. The van der Waals surface area contributed by atoms with E-state index in [1.807, 2.05) is 0 Å². The van der Waals surface area contributed by atoms with Crippen LogP contribution >= 0.6 is 0 Å². The Balaban J connectivity index is 2.74. The molecular weight excluding hydrogens is 224 g/mol. The molecule has 1 aliphatic heterocycles. The SMILES string of the molecule is CC1C(N)C(C(=O)O)CN1C(=O)OC(C)(C)C. The standard InChI is InChI=1S/C11H20N2O4/c1-6-8(12)7(9(14)15)5-13(6)10(16)17-11(2,3)4/h6-8H,5,12H2,1-4H3,(H,14,15). The maximum Gasteiger partial charge on any atom is 0.410 e. The molecule has 17 heavy (non-hydrogen) atoms. The molecule has 98 valence electrons. The molecule has 0 aromatic rings. The van der Waals surface area contributed by atoms with Gasteiger partial charge in [-0.15, -0.1) is 0 Å². The van der Waals surface area contributed by atoms with Crippen LogP contribution in [0.3, 0.4) is 0 Å². The van der Waals surface area contributed by atoms with Gasteiger partial charge >= 0.3 is 12.1 Å². The lowest BCUT2D eigenvalue weighted by Gasteiger charge is -2.27. The molecule has 6 nitrogen and oxygen atoms in total. The Morgan fingerprint density at radius 1 is 1.41 bits per heavy atom. The number of nitrogens with zero attached hydrogens (tertiary/aromatic N) is 1. The highest BCUT2D eigenvalue weighted by atomic mass is 16.6. The maximum atomic E-state index is 11.8. The lowest BCUT2D eigenvalue weighted by molar-refractivity contribution is -0.141. The summed E-state index contributed by atoms with van der Waals surface area (Å²) < 4.78 is 5.21. The van der Waals surface area contributed by atoms with Crippen LogP contribution in [0.2, 0.25) is 0 Å². The van der Waals surface area contributed by atoms with Crippen LogP contribution in [0.5, 0.6) is 0 Å². The molecule has 1 amide bonds. The fraction of sp³-hybridized carbons (Fsp3) is 0.818. The van der Waals surface area contributed by atoms with E-state index in [4.69, 9.17) is 15.6 Å². The summed E-state index contributed by atoms with van der Waals surface area (Å²) in [5.74, 6) is -1.70. The molecule has 1 saturated heterocycles. The van der Waals surface area contributed by atoms with Crippen LogP contribution in [-0.2, 0) is 9.53 Å². The number of hydrogen-bond donors (Lipinski definition) is 2. The molecule has 1 aliphatic rings. The van der Waals surface area contributed by atoms with Crippen LogP contribution in [-0.4, -0.2) is 46.3 Å². The summed E-state index contributed by atoms with van der Waals surface area (Å²) in [6.07, 6.45) is -0.510. The first-order valence-corrected chi connectivity index (χ1v) is 5.61. The number of amides is 1. The molecule has 0 aromatic heterocycles. The van der Waals surface area contributed by atoms with Crippen molar-refractivity contribution in [2.45, 2.75) is 45.4 Å². The lowest BCUT2D eigenvalue weighted by Crippen LogP contribution is -2.43. The van der Waals surface area contributed by atoms with E-state index >= 15 is 0 Å². The third kappa shape index (κ3) is 3.09. The second kappa shape index (κ2) is 4.52. The van der Waals surface area contributed by atoms with Crippen molar-refractivity contribution in [3.05, 3.63) is 0 Å². The van der Waals surface area contributed by atoms with Crippen molar-refractivity contribution in [3.8, 4) is 0 Å². The molecule has 0 saturated carbocycles. The number of nitrogens with two attached hydrogens (primary N) is 1. The van der Waals surface area contributed by atoms with Gasteiger partial charge in [-0.2, -0.15) is 0 Å². The minimum atomic E-state index is -0.976. The van der Waals surface area contributed by atoms with E-state index < -0.39 is 29.6 Å². The van der Waals surface area contributed by atoms with Crippen molar-refractivity contribution in [2.24, 2.45) is 11.7 Å². The topological polar surface area (TPSA) is 92.9 Å². The van der Waals surface area contributed by atoms with Gasteiger partial charge in [-0.1, -0.05) is 0 Å². The average Bonchev–Trinajstić information content (AvgIpc) is 2.41. The summed E-state index contributed by atoms with van der Waals surface area (Å²) in [5.41, 5.74) is 5.19. The van der Waals surface area contributed by atoms with E-state index in [1.165, 1.54) is 4.90 Å². The number of carboxylic acids is 1. The first-order chi connectivity index (χ1) is 7.63. The minimum absolute atomic E-state index is 0.104. The third-order valence-electron chi connectivity index (χ3n) is 2.85. The molecule has 0 aromatic carbocycles. The number of hydrogen-bond acceptors (Lipinski definition) is 4. The zero-order valence-electron chi connectivity index (χ0n) is 10.6. The van der Waals surface area contributed by atoms with Crippen molar-refractivity contribution in [1.82, 2.24) is 4.90 Å². The largest absolute Gasteiger partial charge is 0.481 e. The Hall–Kier alpha value is -1.30. The van der Waals surface area contributed by atoms with Gasteiger partial charge in [0.2, 0.25) is 0 Å². The molecule has 0 aliphatic carbocycles. The predicted octanol–water partition coefficient (Wildman–Crippen LogP) is 0.654. The summed E-state index contributed by atoms with van der Waals surface area (Å²) in [5, 5.41) is 8.97. The Labute approximate surface area is 101 Å². The Kier molecular flexibility index (Phi) is 3.66. The van der Waals surface area contributed by atoms with Gasteiger partial charge in [0, 0.05) is 18.6 Å². The van der Waals surface area contributed by atoms with Crippen molar-refractivity contribution in [1.29, 1.82) is 0 Å². The molecule has 0 radical (unpaired) electrons. The highest BCUT2D eigenvalue weighted by Gasteiger charge is 2.44. The Morgan fingerprint density at radius 3 is 2.29 bits per heavy atom. The summed E-state index contributed by atoms with van der Waals surface area (Å²) in [4.78, 5) is 24.2. The van der Waals surface area contributed by atoms with Crippen LogP contribution in [0.1, 0.15) is 27.7 Å². The van der Waals surface area contributed by atoms with Gasteiger partial charge in [-0.3, -0.25) is 4.79 Å². The van der Waals surface area contributed by atoms with Crippen LogP contribution in [0, 0.1) is 5.92 Å². The smallest absolute Gasteiger partial charge is 0.410 e. The summed E-state index contributed by atoms with van der Waals surface area (Å²) in [6.45, 7) is 7.13. The Bertz CT molecular complexity index is 324. The van der Waals surface area contributed by atoms with E-state index in [0.717, 1.165) is 0 Å². The van der Waals surface area contributed by atoms with E-state index in [-0.39, 0.29) is 12.6 Å². The van der Waals surface area contributed by atoms with Gasteiger partial charge in [0.15, 0.2) is 0 Å². The molecule has 3 N–H and O–H groups in total. The first kappa shape index (κ1) is 13.8. The molecule has 3 unspecified atom stereocenters. The lowest BCUT2D eigenvalue weighted by atomic mass is 10.0. The molecule has 3 atom stereocenters. The number of aliphatic carboxylic acids is 1. The maximum absolute atomic E-state index is 11.8. The Morgan fingerprint density at radius 2 is 1.94 bits per heavy atom. The van der Waals surface area contributed by atoms with E-state index in [0.29, 0.717) is 0 Å². The molecule has 1 heterocycles. The molecule has 0 bridgehead atoms. The van der Waals surface area contributed by atoms with Crippen molar-refractivity contribution >= 4 is 12.1 Å². The number of carbonyl (C=O) groups is 2. The van der Waals surface area contributed by atoms with Crippen LogP contribution in [0.25, 0.3) is 0 Å². The fourth-order valence-corrected chi connectivity index (χ4v) is 1.85. The zero-order chi connectivity index (χ0) is 13.4. The predicted molar refractivity (Wildman–Crippen MR) is 61.5 cm³/mol. The minimum Gasteiger partial charge on any atom is -0.481 e. The van der Waals surface area contributed by atoms with Gasteiger partial charge in [0.05, 0.1) is 5.92 Å². The monoisotopic (exact) mass is 244 g/mol. The first-order valence-electron chi connectivity index (χ1n) is 5.61. The van der Waals surface area contributed by atoms with Crippen LogP contribution < -0.4 is 5.73 Å². The summed E-state index contributed by atoms with van der Waals surface area (Å²) in [6, 6.07) is -0.883. The summed E-state index contributed by atoms with van der Waals surface area (Å²) >= 11 is 0. The molecule has 1 rings (SSSR count).